The van der Waals surface area contributed by atoms with Gasteiger partial charge in [0.25, 0.3) is 6.23 Å². The van der Waals surface area contributed by atoms with Gasteiger partial charge in [-0.2, -0.15) is 0 Å². The Kier molecular flexibility index (Phi) is 7.43. The molecule has 2 rings (SSSR count). The van der Waals surface area contributed by atoms with E-state index in [-0.39, 0.29) is 23.3 Å². The Morgan fingerprint density at radius 1 is 1.54 bits per heavy atom. The molecule has 1 aromatic heterocycles. The highest BCUT2D eigenvalue weighted by molar-refractivity contribution is 9.09. The van der Waals surface area contributed by atoms with Crippen LogP contribution in [0.2, 0.25) is 0 Å². The number of quaternary nitrogens is 1. The van der Waals surface area contributed by atoms with E-state index in [4.69, 9.17) is 16.3 Å². The Morgan fingerprint density at radius 2 is 2.23 bits per heavy atom. The van der Waals surface area contributed by atoms with E-state index in [1.165, 1.54) is 11.3 Å². The first-order valence-corrected chi connectivity index (χ1v) is 10.9. The van der Waals surface area contributed by atoms with E-state index < -0.39 is 16.8 Å². The molecule has 0 saturated carbocycles. The summed E-state index contributed by atoms with van der Waals surface area (Å²) >= 11 is 10.4. The molecule has 0 aliphatic carbocycles. The Balaban J connectivity index is 2.24. The van der Waals surface area contributed by atoms with E-state index >= 15 is 0 Å². The van der Waals surface area contributed by atoms with E-state index in [9.17, 15) is 10.0 Å². The molecule has 1 saturated heterocycles. The van der Waals surface area contributed by atoms with Crippen LogP contribution in [0.15, 0.2) is 0 Å². The number of ether oxygens (including phenoxy) is 1. The molecule has 3 atom stereocenters. The zero-order valence-corrected chi connectivity index (χ0v) is 18.7. The lowest BCUT2D eigenvalue weighted by Crippen LogP contribution is -2.51. The van der Waals surface area contributed by atoms with Crippen LogP contribution in [0.25, 0.3) is 0 Å². The summed E-state index contributed by atoms with van der Waals surface area (Å²) in [6, 6.07) is 0. The molecule has 1 aromatic rings. The standard InChI is InChI=1S/C16H26BrClN4O3S/c1-11(17)8-13(23)25-12-9-21(7-5-6-18)10-22(12,24)15-20-19-14(26-15)16(2,3)4/h11-12H,5-10H2,1-4H3. The number of hydroxylamine groups is 2. The molecule has 1 aliphatic heterocycles. The average Bonchev–Trinajstić information content (AvgIpc) is 3.11. The van der Waals surface area contributed by atoms with Gasteiger partial charge in [-0.05, 0) is 17.8 Å². The third kappa shape index (κ3) is 5.36. The van der Waals surface area contributed by atoms with E-state index in [1.807, 2.05) is 32.6 Å². The molecular weight excluding hydrogens is 444 g/mol. The van der Waals surface area contributed by atoms with Crippen molar-refractivity contribution in [1.82, 2.24) is 19.7 Å². The van der Waals surface area contributed by atoms with Gasteiger partial charge in [0, 0.05) is 22.7 Å². The third-order valence-corrected chi connectivity index (χ3v) is 6.04. The number of alkyl halides is 2. The predicted molar refractivity (Wildman–Crippen MR) is 108 cm³/mol. The maximum Gasteiger partial charge on any atom is 0.311 e. The molecule has 10 heteroatoms. The van der Waals surface area contributed by atoms with E-state index in [2.05, 4.69) is 26.1 Å². The summed E-state index contributed by atoms with van der Waals surface area (Å²) in [5.74, 6) is 0.130. The first kappa shape index (κ1) is 22.0. The molecule has 0 N–H and O–H groups in total. The highest BCUT2D eigenvalue weighted by Crippen LogP contribution is 2.37. The normalized spacial score (nSPS) is 25.4. The topological polar surface area (TPSA) is 78.4 Å². The predicted octanol–water partition coefficient (Wildman–Crippen LogP) is 3.59. The van der Waals surface area contributed by atoms with Crippen LogP contribution in [0, 0.1) is 5.21 Å². The Hall–Kier alpha value is -0.320. The molecule has 7 nitrogen and oxygen atoms in total. The van der Waals surface area contributed by atoms with Gasteiger partial charge in [-0.1, -0.05) is 48.7 Å². The van der Waals surface area contributed by atoms with Crippen molar-refractivity contribution in [2.45, 2.75) is 57.0 Å². The quantitative estimate of drug-likeness (QED) is 0.263. The molecule has 26 heavy (non-hydrogen) atoms. The van der Waals surface area contributed by atoms with Crippen LogP contribution in [0.4, 0.5) is 5.13 Å². The fourth-order valence-electron chi connectivity index (χ4n) is 2.65. The minimum Gasteiger partial charge on any atom is -0.622 e. The zero-order chi connectivity index (χ0) is 19.5. The van der Waals surface area contributed by atoms with Gasteiger partial charge < -0.3 is 9.94 Å². The summed E-state index contributed by atoms with van der Waals surface area (Å²) in [7, 11) is 0. The number of carbonyl (C=O) groups is 1. The van der Waals surface area contributed by atoms with Crippen LogP contribution >= 0.6 is 38.9 Å². The molecule has 1 fully saturated rings. The minimum absolute atomic E-state index is 0.00803. The Labute approximate surface area is 172 Å². The average molecular weight is 470 g/mol. The molecule has 2 heterocycles. The van der Waals surface area contributed by atoms with Gasteiger partial charge in [0.05, 0.1) is 13.0 Å². The van der Waals surface area contributed by atoms with Crippen molar-refractivity contribution in [2.75, 3.05) is 25.6 Å². The second-order valence-electron chi connectivity index (χ2n) is 7.63. The van der Waals surface area contributed by atoms with Crippen molar-refractivity contribution < 1.29 is 9.53 Å². The van der Waals surface area contributed by atoms with E-state index in [0.717, 1.165) is 11.4 Å². The van der Waals surface area contributed by atoms with Crippen molar-refractivity contribution in [1.29, 1.82) is 0 Å². The van der Waals surface area contributed by atoms with E-state index in [0.29, 0.717) is 24.1 Å². The van der Waals surface area contributed by atoms with Crippen LogP contribution in [0.3, 0.4) is 0 Å². The number of esters is 1. The van der Waals surface area contributed by atoms with Crippen LogP contribution in [0.5, 0.6) is 0 Å². The smallest absolute Gasteiger partial charge is 0.311 e. The number of aromatic nitrogens is 2. The molecule has 0 spiro atoms. The summed E-state index contributed by atoms with van der Waals surface area (Å²) in [5, 5.41) is 23.1. The molecule has 3 unspecified atom stereocenters. The molecule has 0 amide bonds. The van der Waals surface area contributed by atoms with Crippen molar-refractivity contribution >= 4 is 50.0 Å². The summed E-state index contributed by atoms with van der Waals surface area (Å²) in [4.78, 5) is 14.1. The third-order valence-electron chi connectivity index (χ3n) is 3.99. The largest absolute Gasteiger partial charge is 0.622 e. The minimum atomic E-state index is -0.843. The van der Waals surface area contributed by atoms with Gasteiger partial charge in [-0.15, -0.1) is 16.7 Å². The molecule has 1 aliphatic rings. The van der Waals surface area contributed by atoms with Crippen LogP contribution in [-0.4, -0.2) is 57.8 Å². The number of halogens is 2. The number of nitrogens with zero attached hydrogens (tertiary/aromatic N) is 4. The van der Waals surface area contributed by atoms with Gasteiger partial charge in [0.1, 0.15) is 11.7 Å². The number of hydrogen-bond acceptors (Lipinski definition) is 7. The van der Waals surface area contributed by atoms with Crippen LogP contribution in [-0.2, 0) is 14.9 Å². The van der Waals surface area contributed by atoms with Crippen LogP contribution < -0.4 is 4.65 Å². The van der Waals surface area contributed by atoms with Crippen molar-refractivity contribution in [3.05, 3.63) is 10.2 Å². The maximum atomic E-state index is 13.7. The maximum absolute atomic E-state index is 13.7. The summed E-state index contributed by atoms with van der Waals surface area (Å²) < 4.78 is 4.75. The van der Waals surface area contributed by atoms with Gasteiger partial charge in [-0.3, -0.25) is 9.44 Å². The summed E-state index contributed by atoms with van der Waals surface area (Å²) in [6.45, 7) is 9.17. The van der Waals surface area contributed by atoms with Gasteiger partial charge in [0.2, 0.25) is 0 Å². The fourth-order valence-corrected chi connectivity index (χ4v) is 4.01. The number of rotatable bonds is 7. The Bertz CT molecular complexity index is 625. The van der Waals surface area contributed by atoms with Gasteiger partial charge in [-0.25, -0.2) is 4.90 Å². The van der Waals surface area contributed by atoms with Crippen LogP contribution in [0.1, 0.15) is 45.5 Å². The molecule has 0 radical (unpaired) electrons. The number of carbonyl (C=O) groups excluding carboxylic acids is 1. The second-order valence-corrected chi connectivity index (χ2v) is 10.5. The SMILES string of the molecule is CC(Br)CC(=O)OC1CN(CCCCl)C[N+]1([O-])c1nnc(C(C)(C)C)s1. The van der Waals surface area contributed by atoms with Crippen molar-refractivity contribution in [3.63, 3.8) is 0 Å². The van der Waals surface area contributed by atoms with Gasteiger partial charge in [0.15, 0.2) is 0 Å². The second kappa shape index (κ2) is 8.79. The summed E-state index contributed by atoms with van der Waals surface area (Å²) in [6.07, 6.45) is 0.135. The molecular formula is C16H26BrClN4O3S. The lowest BCUT2D eigenvalue weighted by atomic mass is 9.98. The molecule has 0 aromatic carbocycles. The highest BCUT2D eigenvalue weighted by Gasteiger charge is 2.46. The zero-order valence-electron chi connectivity index (χ0n) is 15.6. The van der Waals surface area contributed by atoms with Crippen molar-refractivity contribution in [3.8, 4) is 0 Å². The number of hydrogen-bond donors (Lipinski definition) is 0. The fraction of sp³-hybridized carbons (Fsp3) is 0.812. The summed E-state index contributed by atoms with van der Waals surface area (Å²) in [5.41, 5.74) is -0.190. The lowest BCUT2D eigenvalue weighted by molar-refractivity contribution is -0.153. The van der Waals surface area contributed by atoms with E-state index in [1.54, 1.807) is 0 Å². The Morgan fingerprint density at radius 3 is 2.77 bits per heavy atom. The van der Waals surface area contributed by atoms with Gasteiger partial charge >= 0.3 is 11.1 Å². The molecule has 148 valence electrons. The monoisotopic (exact) mass is 468 g/mol. The first-order valence-electron chi connectivity index (χ1n) is 8.61. The first-order chi connectivity index (χ1) is 12.1. The lowest BCUT2D eigenvalue weighted by Gasteiger charge is -2.38. The highest BCUT2D eigenvalue weighted by atomic mass is 79.9. The van der Waals surface area contributed by atoms with Crippen molar-refractivity contribution in [2.24, 2.45) is 0 Å². The molecule has 0 bridgehead atoms.